The van der Waals surface area contributed by atoms with Gasteiger partial charge < -0.3 is 14.6 Å². The molecule has 4 heteroatoms. The first-order valence-corrected chi connectivity index (χ1v) is 6.49. The van der Waals surface area contributed by atoms with E-state index in [1.807, 2.05) is 12.1 Å². The van der Waals surface area contributed by atoms with E-state index in [4.69, 9.17) is 14.6 Å². The van der Waals surface area contributed by atoms with Crippen LogP contribution in [0.15, 0.2) is 48.5 Å². The zero-order valence-electron chi connectivity index (χ0n) is 11.4. The molecule has 0 aliphatic heterocycles. The van der Waals surface area contributed by atoms with E-state index in [0.29, 0.717) is 24.7 Å². The average Bonchev–Trinajstić information content (AvgIpc) is 2.51. The molecule has 21 heavy (non-hydrogen) atoms. The van der Waals surface area contributed by atoms with Crippen molar-refractivity contribution in [3.8, 4) is 23.3 Å². The number of benzene rings is 2. The summed E-state index contributed by atoms with van der Waals surface area (Å²) in [6.07, 6.45) is 0. The van der Waals surface area contributed by atoms with Crippen molar-refractivity contribution in [2.45, 2.75) is 0 Å². The Bertz CT molecular complexity index is 626. The first-order chi connectivity index (χ1) is 10.3. The lowest BCUT2D eigenvalue weighted by atomic mass is 10.2. The Labute approximate surface area is 122 Å². The number of hydrogen-bond acceptors (Lipinski definition) is 3. The maximum atomic E-state index is 12.9. The molecule has 0 heterocycles. The molecule has 2 aromatic rings. The minimum absolute atomic E-state index is 0.157. The van der Waals surface area contributed by atoms with Gasteiger partial charge in [-0.15, -0.1) is 0 Å². The summed E-state index contributed by atoms with van der Waals surface area (Å²) in [5, 5.41) is 8.60. The summed E-state index contributed by atoms with van der Waals surface area (Å²) in [4.78, 5) is 0. The molecule has 108 valence electrons. The fraction of sp³-hybridized carbons (Fsp3) is 0.176. The Kier molecular flexibility index (Phi) is 5.62. The van der Waals surface area contributed by atoms with Gasteiger partial charge in [-0.3, -0.25) is 0 Å². The topological polar surface area (TPSA) is 38.7 Å². The summed E-state index contributed by atoms with van der Waals surface area (Å²) in [5.41, 5.74) is 0.812. The van der Waals surface area contributed by atoms with Crippen molar-refractivity contribution in [3.63, 3.8) is 0 Å². The molecule has 0 saturated carbocycles. The third kappa shape index (κ3) is 5.17. The number of hydrogen-bond donors (Lipinski definition) is 1. The van der Waals surface area contributed by atoms with Crippen LogP contribution in [0.5, 0.6) is 11.5 Å². The fourth-order valence-corrected chi connectivity index (χ4v) is 1.65. The van der Waals surface area contributed by atoms with Crippen molar-refractivity contribution >= 4 is 0 Å². The van der Waals surface area contributed by atoms with Crippen LogP contribution in [-0.4, -0.2) is 24.9 Å². The molecular formula is C17H15FO3. The Morgan fingerprint density at radius 2 is 1.67 bits per heavy atom. The van der Waals surface area contributed by atoms with E-state index < -0.39 is 0 Å². The molecule has 0 atom stereocenters. The highest BCUT2D eigenvalue weighted by Crippen LogP contribution is 2.13. The Morgan fingerprint density at radius 1 is 0.952 bits per heavy atom. The molecule has 2 rings (SSSR count). The van der Waals surface area contributed by atoms with Crippen molar-refractivity contribution in [2.24, 2.45) is 0 Å². The molecule has 0 bridgehead atoms. The van der Waals surface area contributed by atoms with Crippen LogP contribution in [0, 0.1) is 17.7 Å². The molecule has 0 unspecified atom stereocenters. The smallest absolute Gasteiger partial charge is 0.126 e. The third-order valence-electron chi connectivity index (χ3n) is 2.58. The van der Waals surface area contributed by atoms with Crippen molar-refractivity contribution in [2.75, 3.05) is 19.8 Å². The molecular weight excluding hydrogens is 271 g/mol. The normalized spacial score (nSPS) is 9.62. The highest BCUT2D eigenvalue weighted by molar-refractivity contribution is 5.38. The highest BCUT2D eigenvalue weighted by Gasteiger charge is 1.97. The quantitative estimate of drug-likeness (QED) is 0.678. The van der Waals surface area contributed by atoms with Crippen LogP contribution in [0.4, 0.5) is 4.39 Å². The van der Waals surface area contributed by atoms with Crippen molar-refractivity contribution in [3.05, 3.63) is 59.9 Å². The standard InChI is InChI=1S/C17H15FO3/c18-15-4-1-5-17(13-15)21-12-11-20-16-8-6-14(7-9-16)3-2-10-19/h1,4-9,13,19H,10-12H2. The number of aliphatic hydroxyl groups excluding tert-OH is 1. The Morgan fingerprint density at radius 3 is 2.33 bits per heavy atom. The molecule has 2 aromatic carbocycles. The summed E-state index contributed by atoms with van der Waals surface area (Å²) in [5.74, 6) is 6.23. The predicted molar refractivity (Wildman–Crippen MR) is 77.8 cm³/mol. The monoisotopic (exact) mass is 286 g/mol. The molecule has 0 aliphatic carbocycles. The van der Waals surface area contributed by atoms with Crippen LogP contribution in [0.25, 0.3) is 0 Å². The first kappa shape index (κ1) is 14.9. The molecule has 0 radical (unpaired) electrons. The van der Waals surface area contributed by atoms with E-state index in [0.717, 1.165) is 5.56 Å². The Balaban J connectivity index is 1.76. The summed E-state index contributed by atoms with van der Waals surface area (Å²) in [7, 11) is 0. The van der Waals surface area contributed by atoms with E-state index in [9.17, 15) is 4.39 Å². The van der Waals surface area contributed by atoms with Gasteiger partial charge in [-0.1, -0.05) is 17.9 Å². The van der Waals surface area contributed by atoms with Gasteiger partial charge in [-0.25, -0.2) is 4.39 Å². The molecule has 0 saturated heterocycles. The van der Waals surface area contributed by atoms with Gasteiger partial charge in [0, 0.05) is 11.6 Å². The van der Waals surface area contributed by atoms with E-state index in [2.05, 4.69) is 11.8 Å². The fourth-order valence-electron chi connectivity index (χ4n) is 1.65. The van der Waals surface area contributed by atoms with Gasteiger partial charge in [0.1, 0.15) is 37.1 Å². The van der Waals surface area contributed by atoms with E-state index >= 15 is 0 Å². The molecule has 1 N–H and O–H groups in total. The van der Waals surface area contributed by atoms with E-state index in [1.165, 1.54) is 12.1 Å². The lowest BCUT2D eigenvalue weighted by molar-refractivity contribution is 0.216. The van der Waals surface area contributed by atoms with Crippen LogP contribution in [0.1, 0.15) is 5.56 Å². The maximum Gasteiger partial charge on any atom is 0.126 e. The zero-order chi connectivity index (χ0) is 14.9. The summed E-state index contributed by atoms with van der Waals surface area (Å²) < 4.78 is 23.8. The number of aliphatic hydroxyl groups is 1. The lowest BCUT2D eigenvalue weighted by Crippen LogP contribution is -2.09. The average molecular weight is 286 g/mol. The van der Waals surface area contributed by atoms with Gasteiger partial charge in [0.25, 0.3) is 0 Å². The third-order valence-corrected chi connectivity index (χ3v) is 2.58. The summed E-state index contributed by atoms with van der Waals surface area (Å²) in [6.45, 7) is 0.531. The second-order valence-electron chi connectivity index (χ2n) is 4.14. The van der Waals surface area contributed by atoms with Crippen molar-refractivity contribution < 1.29 is 19.0 Å². The first-order valence-electron chi connectivity index (χ1n) is 6.49. The van der Waals surface area contributed by atoms with Gasteiger partial charge in [-0.05, 0) is 36.4 Å². The maximum absolute atomic E-state index is 12.9. The van der Waals surface area contributed by atoms with Gasteiger partial charge in [0.15, 0.2) is 0 Å². The van der Waals surface area contributed by atoms with Gasteiger partial charge >= 0.3 is 0 Å². The largest absolute Gasteiger partial charge is 0.490 e. The second kappa shape index (κ2) is 7.93. The predicted octanol–water partition coefficient (Wildman–Crippen LogP) is 2.63. The number of halogens is 1. The molecule has 0 fully saturated rings. The van der Waals surface area contributed by atoms with Gasteiger partial charge in [0.05, 0.1) is 0 Å². The van der Waals surface area contributed by atoms with Crippen LogP contribution >= 0.6 is 0 Å². The highest BCUT2D eigenvalue weighted by atomic mass is 19.1. The van der Waals surface area contributed by atoms with Gasteiger partial charge in [-0.2, -0.15) is 0 Å². The Hall–Kier alpha value is -2.51. The summed E-state index contributed by atoms with van der Waals surface area (Å²) >= 11 is 0. The number of rotatable bonds is 5. The van der Waals surface area contributed by atoms with Crippen molar-refractivity contribution in [1.29, 1.82) is 0 Å². The zero-order valence-corrected chi connectivity index (χ0v) is 11.4. The molecule has 0 amide bonds. The van der Waals surface area contributed by atoms with Crippen LogP contribution in [0.3, 0.4) is 0 Å². The van der Waals surface area contributed by atoms with Gasteiger partial charge in [0.2, 0.25) is 0 Å². The minimum Gasteiger partial charge on any atom is -0.490 e. The minimum atomic E-state index is -0.326. The van der Waals surface area contributed by atoms with Crippen LogP contribution < -0.4 is 9.47 Å². The SMILES string of the molecule is OCC#Cc1ccc(OCCOc2cccc(F)c2)cc1. The summed E-state index contributed by atoms with van der Waals surface area (Å²) in [6, 6.07) is 13.2. The molecule has 3 nitrogen and oxygen atoms in total. The molecule has 0 aromatic heterocycles. The van der Waals surface area contributed by atoms with Crippen LogP contribution in [0.2, 0.25) is 0 Å². The molecule has 0 spiro atoms. The van der Waals surface area contributed by atoms with E-state index in [-0.39, 0.29) is 12.4 Å². The second-order valence-corrected chi connectivity index (χ2v) is 4.14. The molecule has 0 aliphatic rings. The van der Waals surface area contributed by atoms with Crippen molar-refractivity contribution in [1.82, 2.24) is 0 Å². The van der Waals surface area contributed by atoms with Crippen LogP contribution in [-0.2, 0) is 0 Å². The van der Waals surface area contributed by atoms with E-state index in [1.54, 1.807) is 24.3 Å². The lowest BCUT2D eigenvalue weighted by Gasteiger charge is -2.08. The number of ether oxygens (including phenoxy) is 2.